The molecule has 2 atom stereocenters. The van der Waals surface area contributed by atoms with Crippen molar-refractivity contribution in [2.24, 2.45) is 5.92 Å². The summed E-state index contributed by atoms with van der Waals surface area (Å²) in [5, 5.41) is 12.4. The summed E-state index contributed by atoms with van der Waals surface area (Å²) < 4.78 is 5.10. The lowest BCUT2D eigenvalue weighted by atomic mass is 10.1. The van der Waals surface area contributed by atoms with Crippen molar-refractivity contribution in [1.82, 2.24) is 10.1 Å². The Morgan fingerprint density at radius 1 is 1.53 bits per heavy atom. The predicted molar refractivity (Wildman–Crippen MR) is 54.0 cm³/mol. The van der Waals surface area contributed by atoms with Gasteiger partial charge in [-0.05, 0) is 25.2 Å². The number of aryl methyl sites for hydroxylation is 1. The van der Waals surface area contributed by atoms with Crippen LogP contribution in [0.3, 0.4) is 0 Å². The summed E-state index contributed by atoms with van der Waals surface area (Å²) >= 11 is 0. The van der Waals surface area contributed by atoms with Gasteiger partial charge in [0.05, 0.1) is 6.07 Å². The van der Waals surface area contributed by atoms with Gasteiger partial charge in [0.15, 0.2) is 5.82 Å². The van der Waals surface area contributed by atoms with E-state index in [2.05, 4.69) is 23.1 Å². The van der Waals surface area contributed by atoms with Crippen LogP contribution in [0.25, 0.3) is 0 Å². The molecule has 2 rings (SSSR count). The fourth-order valence-corrected chi connectivity index (χ4v) is 2.14. The number of hydrogen-bond acceptors (Lipinski definition) is 4. The second-order valence-corrected chi connectivity index (χ2v) is 4.32. The van der Waals surface area contributed by atoms with Crippen LogP contribution in [0, 0.1) is 17.2 Å². The number of nitriles is 1. The molecular formula is C11H15N3O. The molecular weight excluding hydrogens is 190 g/mol. The molecule has 1 saturated carbocycles. The van der Waals surface area contributed by atoms with E-state index in [-0.39, 0.29) is 0 Å². The Morgan fingerprint density at radius 2 is 2.40 bits per heavy atom. The third-order valence-electron chi connectivity index (χ3n) is 2.99. The van der Waals surface area contributed by atoms with Crippen molar-refractivity contribution in [3.05, 3.63) is 11.7 Å². The van der Waals surface area contributed by atoms with Crippen LogP contribution in [0.2, 0.25) is 0 Å². The van der Waals surface area contributed by atoms with E-state index in [1.807, 2.05) is 0 Å². The van der Waals surface area contributed by atoms with E-state index in [4.69, 9.17) is 9.78 Å². The lowest BCUT2D eigenvalue weighted by Gasteiger charge is -2.01. The summed E-state index contributed by atoms with van der Waals surface area (Å²) in [4.78, 5) is 4.34. The molecule has 0 radical (unpaired) electrons. The van der Waals surface area contributed by atoms with E-state index in [1.165, 1.54) is 12.8 Å². The highest BCUT2D eigenvalue weighted by Gasteiger charge is 2.26. The van der Waals surface area contributed by atoms with Crippen LogP contribution in [0.15, 0.2) is 4.52 Å². The first-order chi connectivity index (χ1) is 7.29. The van der Waals surface area contributed by atoms with Gasteiger partial charge in [-0.3, -0.25) is 0 Å². The van der Waals surface area contributed by atoms with Crippen molar-refractivity contribution in [3.8, 4) is 6.07 Å². The molecule has 0 N–H and O–H groups in total. The molecule has 1 heterocycles. The Morgan fingerprint density at radius 3 is 3.07 bits per heavy atom. The molecule has 2 unspecified atom stereocenters. The van der Waals surface area contributed by atoms with Crippen LogP contribution in [-0.2, 0) is 6.42 Å². The van der Waals surface area contributed by atoms with Crippen molar-refractivity contribution < 1.29 is 4.52 Å². The molecule has 1 aliphatic carbocycles. The van der Waals surface area contributed by atoms with Crippen molar-refractivity contribution in [3.63, 3.8) is 0 Å². The molecule has 1 aliphatic rings. The minimum Gasteiger partial charge on any atom is -0.339 e. The van der Waals surface area contributed by atoms with Gasteiger partial charge in [-0.25, -0.2) is 0 Å². The first kappa shape index (κ1) is 10.2. The first-order valence-corrected chi connectivity index (χ1v) is 5.49. The predicted octanol–water partition coefficient (Wildman–Crippen LogP) is 2.43. The number of nitrogens with zero attached hydrogens (tertiary/aromatic N) is 3. The van der Waals surface area contributed by atoms with Crippen LogP contribution in [0.4, 0.5) is 0 Å². The fraction of sp³-hybridized carbons (Fsp3) is 0.727. The normalized spacial score (nSPS) is 25.3. The molecule has 80 valence electrons. The highest BCUT2D eigenvalue weighted by Crippen LogP contribution is 2.36. The van der Waals surface area contributed by atoms with Crippen molar-refractivity contribution in [2.45, 2.75) is 44.9 Å². The summed E-state index contributed by atoms with van der Waals surface area (Å²) in [6.45, 7) is 2.26. The average Bonchev–Trinajstić information content (AvgIpc) is 2.83. The Kier molecular flexibility index (Phi) is 3.00. The van der Waals surface area contributed by atoms with E-state index >= 15 is 0 Å². The minimum atomic E-state index is 0.447. The van der Waals surface area contributed by atoms with Crippen LogP contribution < -0.4 is 0 Å². The summed E-state index contributed by atoms with van der Waals surface area (Å²) in [6.07, 6.45) is 4.61. The summed E-state index contributed by atoms with van der Waals surface area (Å²) in [6, 6.07) is 2.07. The lowest BCUT2D eigenvalue weighted by Crippen LogP contribution is -1.96. The Labute approximate surface area is 89.3 Å². The minimum absolute atomic E-state index is 0.447. The third kappa shape index (κ3) is 2.35. The zero-order chi connectivity index (χ0) is 10.7. The van der Waals surface area contributed by atoms with E-state index in [0.717, 1.165) is 18.2 Å². The van der Waals surface area contributed by atoms with Gasteiger partial charge in [-0.2, -0.15) is 10.2 Å². The van der Waals surface area contributed by atoms with Gasteiger partial charge in [0.2, 0.25) is 5.89 Å². The van der Waals surface area contributed by atoms with Gasteiger partial charge in [0.1, 0.15) is 0 Å². The molecule has 1 fully saturated rings. The van der Waals surface area contributed by atoms with Crippen LogP contribution >= 0.6 is 0 Å². The van der Waals surface area contributed by atoms with Crippen LogP contribution in [0.5, 0.6) is 0 Å². The molecule has 0 aliphatic heterocycles. The zero-order valence-electron chi connectivity index (χ0n) is 8.94. The van der Waals surface area contributed by atoms with Crippen LogP contribution in [-0.4, -0.2) is 10.1 Å². The Balaban J connectivity index is 1.98. The summed E-state index contributed by atoms with van der Waals surface area (Å²) in [5.74, 6) is 2.69. The number of hydrogen-bond donors (Lipinski definition) is 0. The van der Waals surface area contributed by atoms with Gasteiger partial charge in [-0.15, -0.1) is 0 Å². The molecule has 1 aromatic rings. The van der Waals surface area contributed by atoms with Crippen molar-refractivity contribution in [1.29, 1.82) is 5.26 Å². The second kappa shape index (κ2) is 4.43. The monoisotopic (exact) mass is 205 g/mol. The quantitative estimate of drug-likeness (QED) is 0.760. The maximum Gasteiger partial charge on any atom is 0.227 e. The molecule has 15 heavy (non-hydrogen) atoms. The van der Waals surface area contributed by atoms with E-state index in [1.54, 1.807) is 0 Å². The highest BCUT2D eigenvalue weighted by atomic mass is 16.5. The number of aromatic nitrogens is 2. The standard InChI is InChI=1S/C11H15N3O/c1-8-4-5-9(7-8)11-13-10(15-14-11)3-2-6-12/h8-9H,2-5,7H2,1H3. The highest BCUT2D eigenvalue weighted by molar-refractivity contribution is 4.99. The maximum atomic E-state index is 8.44. The summed E-state index contributed by atoms with van der Waals surface area (Å²) in [5.41, 5.74) is 0. The molecule has 0 saturated heterocycles. The van der Waals surface area contributed by atoms with Gasteiger partial charge < -0.3 is 4.52 Å². The molecule has 0 bridgehead atoms. The lowest BCUT2D eigenvalue weighted by molar-refractivity contribution is 0.370. The first-order valence-electron chi connectivity index (χ1n) is 5.49. The molecule has 0 amide bonds. The van der Waals surface area contributed by atoms with Crippen molar-refractivity contribution in [2.75, 3.05) is 0 Å². The van der Waals surface area contributed by atoms with Gasteiger partial charge in [0, 0.05) is 18.8 Å². The fourth-order valence-electron chi connectivity index (χ4n) is 2.14. The van der Waals surface area contributed by atoms with Crippen molar-refractivity contribution >= 4 is 0 Å². The molecule has 0 spiro atoms. The SMILES string of the molecule is CC1CCC(c2noc(CCC#N)n2)C1. The maximum absolute atomic E-state index is 8.44. The largest absolute Gasteiger partial charge is 0.339 e. The van der Waals surface area contributed by atoms with Gasteiger partial charge >= 0.3 is 0 Å². The zero-order valence-corrected chi connectivity index (χ0v) is 8.94. The molecule has 4 heteroatoms. The smallest absolute Gasteiger partial charge is 0.227 e. The summed E-state index contributed by atoms with van der Waals surface area (Å²) in [7, 11) is 0. The molecule has 4 nitrogen and oxygen atoms in total. The van der Waals surface area contributed by atoms with Gasteiger partial charge in [0.25, 0.3) is 0 Å². The van der Waals surface area contributed by atoms with E-state index in [9.17, 15) is 0 Å². The Bertz CT molecular complexity index is 366. The van der Waals surface area contributed by atoms with E-state index < -0.39 is 0 Å². The molecule has 0 aromatic carbocycles. The third-order valence-corrected chi connectivity index (χ3v) is 2.99. The van der Waals surface area contributed by atoms with Gasteiger partial charge in [-0.1, -0.05) is 12.1 Å². The average molecular weight is 205 g/mol. The number of rotatable bonds is 3. The Hall–Kier alpha value is -1.37. The van der Waals surface area contributed by atoms with E-state index in [0.29, 0.717) is 24.7 Å². The van der Waals surface area contributed by atoms with Crippen LogP contribution in [0.1, 0.15) is 50.2 Å². The molecule has 1 aromatic heterocycles. The second-order valence-electron chi connectivity index (χ2n) is 4.32. The topological polar surface area (TPSA) is 62.7 Å².